The molecule has 20 heavy (non-hydrogen) atoms. The summed E-state index contributed by atoms with van der Waals surface area (Å²) in [4.78, 5) is 11.2. The number of hydrogen-bond donors (Lipinski definition) is 0. The molecular formula is C16H11FN2O. The van der Waals surface area contributed by atoms with Crippen molar-refractivity contribution in [2.75, 3.05) is 0 Å². The summed E-state index contributed by atoms with van der Waals surface area (Å²) >= 11 is 0. The fourth-order valence-corrected chi connectivity index (χ4v) is 2.05. The van der Waals surface area contributed by atoms with E-state index < -0.39 is 0 Å². The van der Waals surface area contributed by atoms with Gasteiger partial charge in [-0.2, -0.15) is 5.10 Å². The second-order valence-corrected chi connectivity index (χ2v) is 4.34. The summed E-state index contributed by atoms with van der Waals surface area (Å²) in [6.45, 7) is 0. The van der Waals surface area contributed by atoms with Gasteiger partial charge in [0.15, 0.2) is 6.29 Å². The molecule has 0 saturated heterocycles. The molecule has 0 saturated carbocycles. The molecule has 1 aromatic heterocycles. The van der Waals surface area contributed by atoms with Gasteiger partial charge < -0.3 is 0 Å². The highest BCUT2D eigenvalue weighted by atomic mass is 19.1. The first-order chi connectivity index (χ1) is 9.78. The Labute approximate surface area is 115 Å². The molecular weight excluding hydrogens is 255 g/mol. The van der Waals surface area contributed by atoms with Gasteiger partial charge in [0, 0.05) is 11.8 Å². The van der Waals surface area contributed by atoms with Crippen molar-refractivity contribution in [3.05, 3.63) is 72.2 Å². The van der Waals surface area contributed by atoms with E-state index in [2.05, 4.69) is 5.10 Å². The Balaban J connectivity index is 2.13. The maximum Gasteiger partial charge on any atom is 0.153 e. The van der Waals surface area contributed by atoms with E-state index in [1.54, 1.807) is 23.0 Å². The molecule has 3 aromatic rings. The first-order valence-corrected chi connectivity index (χ1v) is 6.14. The molecule has 0 bridgehead atoms. The summed E-state index contributed by atoms with van der Waals surface area (Å²) in [5.41, 5.74) is 2.34. The molecule has 0 amide bonds. The Kier molecular flexibility index (Phi) is 3.13. The van der Waals surface area contributed by atoms with Gasteiger partial charge in [-0.25, -0.2) is 9.07 Å². The van der Waals surface area contributed by atoms with Crippen molar-refractivity contribution in [2.24, 2.45) is 0 Å². The number of rotatable bonds is 3. The van der Waals surface area contributed by atoms with Gasteiger partial charge in [-0.15, -0.1) is 0 Å². The Morgan fingerprint density at radius 2 is 1.85 bits per heavy atom. The van der Waals surface area contributed by atoms with Crippen LogP contribution in [0.5, 0.6) is 0 Å². The second-order valence-electron chi connectivity index (χ2n) is 4.34. The van der Waals surface area contributed by atoms with Crippen LogP contribution in [-0.4, -0.2) is 16.1 Å². The predicted molar refractivity (Wildman–Crippen MR) is 74.3 cm³/mol. The molecule has 0 aliphatic rings. The van der Waals surface area contributed by atoms with Crippen LogP contribution in [0.1, 0.15) is 10.4 Å². The van der Waals surface area contributed by atoms with Crippen molar-refractivity contribution in [1.82, 2.24) is 9.78 Å². The zero-order valence-corrected chi connectivity index (χ0v) is 10.5. The monoisotopic (exact) mass is 266 g/mol. The average molecular weight is 266 g/mol. The highest BCUT2D eigenvalue weighted by Crippen LogP contribution is 2.23. The van der Waals surface area contributed by atoms with Crippen LogP contribution in [0.3, 0.4) is 0 Å². The highest BCUT2D eigenvalue weighted by Gasteiger charge is 2.12. The summed E-state index contributed by atoms with van der Waals surface area (Å²) < 4.78 is 14.9. The van der Waals surface area contributed by atoms with Gasteiger partial charge in [0.25, 0.3) is 0 Å². The minimum absolute atomic E-state index is 0.353. The molecule has 3 nitrogen and oxygen atoms in total. The molecule has 0 unspecified atom stereocenters. The maximum atomic E-state index is 13.3. The summed E-state index contributed by atoms with van der Waals surface area (Å²) in [6.07, 6.45) is 2.37. The standard InChI is InChI=1S/C16H11FN2O/c17-14-6-4-5-12(9-14)16-13(11-20)10-19(18-16)15-7-2-1-3-8-15/h1-11H. The van der Waals surface area contributed by atoms with Gasteiger partial charge in [0.05, 0.1) is 11.3 Å². The molecule has 1 heterocycles. The number of carbonyl (C=O) groups is 1. The molecule has 2 aromatic carbocycles. The summed E-state index contributed by atoms with van der Waals surface area (Å²) in [7, 11) is 0. The third-order valence-corrected chi connectivity index (χ3v) is 2.99. The van der Waals surface area contributed by atoms with Crippen molar-refractivity contribution in [3.63, 3.8) is 0 Å². The van der Waals surface area contributed by atoms with Crippen molar-refractivity contribution >= 4 is 6.29 Å². The van der Waals surface area contributed by atoms with Gasteiger partial charge in [-0.05, 0) is 24.3 Å². The third kappa shape index (κ3) is 2.23. The second kappa shape index (κ2) is 5.09. The minimum atomic E-state index is -0.353. The topological polar surface area (TPSA) is 34.9 Å². The van der Waals surface area contributed by atoms with E-state index in [-0.39, 0.29) is 5.82 Å². The predicted octanol–water partition coefficient (Wildman–Crippen LogP) is 3.49. The lowest BCUT2D eigenvalue weighted by molar-refractivity contribution is 0.112. The van der Waals surface area contributed by atoms with Crippen LogP contribution in [0, 0.1) is 5.82 Å². The van der Waals surface area contributed by atoms with Crippen LogP contribution in [0.25, 0.3) is 16.9 Å². The van der Waals surface area contributed by atoms with E-state index in [1.165, 1.54) is 12.1 Å². The fourth-order valence-electron chi connectivity index (χ4n) is 2.05. The Morgan fingerprint density at radius 3 is 2.55 bits per heavy atom. The molecule has 4 heteroatoms. The van der Waals surface area contributed by atoms with Crippen molar-refractivity contribution in [2.45, 2.75) is 0 Å². The van der Waals surface area contributed by atoms with E-state index in [1.807, 2.05) is 30.3 Å². The minimum Gasteiger partial charge on any atom is -0.298 e. The fraction of sp³-hybridized carbons (Fsp3) is 0. The molecule has 0 radical (unpaired) electrons. The average Bonchev–Trinajstić information content (AvgIpc) is 2.92. The lowest BCUT2D eigenvalue weighted by atomic mass is 10.1. The van der Waals surface area contributed by atoms with Gasteiger partial charge >= 0.3 is 0 Å². The van der Waals surface area contributed by atoms with Gasteiger partial charge in [-0.1, -0.05) is 30.3 Å². The number of halogens is 1. The van der Waals surface area contributed by atoms with Crippen LogP contribution in [-0.2, 0) is 0 Å². The van der Waals surface area contributed by atoms with E-state index in [4.69, 9.17) is 0 Å². The Morgan fingerprint density at radius 1 is 1.05 bits per heavy atom. The van der Waals surface area contributed by atoms with Crippen molar-refractivity contribution in [1.29, 1.82) is 0 Å². The summed E-state index contributed by atoms with van der Waals surface area (Å²) in [5.74, 6) is -0.353. The number of nitrogens with zero attached hydrogens (tertiary/aromatic N) is 2. The smallest absolute Gasteiger partial charge is 0.153 e. The Bertz CT molecular complexity index is 750. The zero-order valence-electron chi connectivity index (χ0n) is 10.5. The largest absolute Gasteiger partial charge is 0.298 e. The first kappa shape index (κ1) is 12.3. The van der Waals surface area contributed by atoms with Crippen LogP contribution in [0.4, 0.5) is 4.39 Å². The van der Waals surface area contributed by atoms with E-state index >= 15 is 0 Å². The quantitative estimate of drug-likeness (QED) is 0.680. The first-order valence-electron chi connectivity index (χ1n) is 6.14. The lowest BCUT2D eigenvalue weighted by Crippen LogP contribution is -1.94. The number of aromatic nitrogens is 2. The zero-order chi connectivity index (χ0) is 13.9. The van der Waals surface area contributed by atoms with Crippen molar-refractivity contribution in [3.8, 4) is 16.9 Å². The number of para-hydroxylation sites is 1. The number of carbonyl (C=O) groups excluding carboxylic acids is 1. The van der Waals surface area contributed by atoms with Crippen LogP contribution in [0.15, 0.2) is 60.8 Å². The lowest BCUT2D eigenvalue weighted by Gasteiger charge is -2.00. The molecule has 0 aliphatic heterocycles. The molecule has 3 rings (SSSR count). The molecule has 0 N–H and O–H groups in total. The highest BCUT2D eigenvalue weighted by molar-refractivity contribution is 5.85. The third-order valence-electron chi connectivity index (χ3n) is 2.99. The Hall–Kier alpha value is -2.75. The van der Waals surface area contributed by atoms with Crippen LogP contribution < -0.4 is 0 Å². The van der Waals surface area contributed by atoms with E-state index in [0.29, 0.717) is 16.8 Å². The number of aldehydes is 1. The van der Waals surface area contributed by atoms with Gasteiger partial charge in [-0.3, -0.25) is 4.79 Å². The van der Waals surface area contributed by atoms with Gasteiger partial charge in [0.2, 0.25) is 0 Å². The normalized spacial score (nSPS) is 10.4. The molecule has 0 spiro atoms. The molecule has 0 fully saturated rings. The van der Waals surface area contributed by atoms with E-state index in [0.717, 1.165) is 12.0 Å². The van der Waals surface area contributed by atoms with Gasteiger partial charge in [0.1, 0.15) is 11.5 Å². The summed E-state index contributed by atoms with van der Waals surface area (Å²) in [5, 5.41) is 4.38. The SMILES string of the molecule is O=Cc1cn(-c2ccccc2)nc1-c1cccc(F)c1. The molecule has 0 aliphatic carbocycles. The van der Waals surface area contributed by atoms with Crippen LogP contribution >= 0.6 is 0 Å². The van der Waals surface area contributed by atoms with E-state index in [9.17, 15) is 9.18 Å². The summed E-state index contributed by atoms with van der Waals surface area (Å²) in [6, 6.07) is 15.5. The number of hydrogen-bond acceptors (Lipinski definition) is 2. The molecule has 98 valence electrons. The number of benzene rings is 2. The maximum absolute atomic E-state index is 13.3. The van der Waals surface area contributed by atoms with Crippen molar-refractivity contribution < 1.29 is 9.18 Å². The molecule has 0 atom stereocenters. The van der Waals surface area contributed by atoms with Crippen LogP contribution in [0.2, 0.25) is 0 Å².